The monoisotopic (exact) mass is 490 g/mol. The second kappa shape index (κ2) is 12.5. The van der Waals surface area contributed by atoms with Gasteiger partial charge in [0.15, 0.2) is 0 Å². The fraction of sp³-hybridized carbons (Fsp3) is 0.323. The van der Waals surface area contributed by atoms with Gasteiger partial charge in [0.2, 0.25) is 0 Å². The van der Waals surface area contributed by atoms with E-state index in [2.05, 4.69) is 20.8 Å². The molecule has 0 fully saturated rings. The van der Waals surface area contributed by atoms with Crippen LogP contribution < -0.4 is 9.47 Å². The molecule has 0 saturated carbocycles. The molecule has 190 valence electrons. The molecule has 0 radical (unpaired) electrons. The summed E-state index contributed by atoms with van der Waals surface area (Å²) in [6, 6.07) is 18.6. The molecule has 0 aliphatic heterocycles. The van der Waals surface area contributed by atoms with E-state index in [-0.39, 0.29) is 17.2 Å². The van der Waals surface area contributed by atoms with E-state index in [0.29, 0.717) is 30.9 Å². The average Bonchev–Trinajstić information content (AvgIpc) is 2.87. The summed E-state index contributed by atoms with van der Waals surface area (Å²) in [6.07, 6.45) is 5.24. The number of halogens is 1. The molecule has 0 bridgehead atoms. The van der Waals surface area contributed by atoms with Gasteiger partial charge in [0.1, 0.15) is 30.2 Å². The highest BCUT2D eigenvalue weighted by Crippen LogP contribution is 2.37. The first-order valence-corrected chi connectivity index (χ1v) is 12.1. The Hall–Kier alpha value is -3.44. The third-order valence-corrected chi connectivity index (χ3v) is 6.05. The molecule has 1 atom stereocenters. The van der Waals surface area contributed by atoms with Gasteiger partial charge in [-0.15, -0.1) is 0 Å². The molecule has 0 unspecified atom stereocenters. The van der Waals surface area contributed by atoms with Crippen molar-refractivity contribution in [3.05, 3.63) is 95.3 Å². The Morgan fingerprint density at radius 3 is 2.28 bits per heavy atom. The molecule has 3 aromatic rings. The lowest BCUT2D eigenvalue weighted by molar-refractivity contribution is -0.108. The minimum absolute atomic E-state index is 0.00281. The van der Waals surface area contributed by atoms with E-state index in [0.717, 1.165) is 34.3 Å². The number of rotatable bonds is 11. The minimum Gasteiger partial charge on any atom is -0.497 e. The zero-order valence-corrected chi connectivity index (χ0v) is 21.7. The lowest BCUT2D eigenvalue weighted by Gasteiger charge is -2.24. The number of aldehydes is 1. The van der Waals surface area contributed by atoms with Crippen LogP contribution in [0.5, 0.6) is 11.5 Å². The Morgan fingerprint density at radius 1 is 0.917 bits per heavy atom. The zero-order chi connectivity index (χ0) is 26.1. The predicted molar refractivity (Wildman–Crippen MR) is 142 cm³/mol. The van der Waals surface area contributed by atoms with E-state index in [1.165, 1.54) is 6.07 Å². The van der Waals surface area contributed by atoms with Crippen molar-refractivity contribution in [1.82, 2.24) is 0 Å². The number of allylic oxidation sites excluding steroid dienone is 1. The highest BCUT2D eigenvalue weighted by atomic mass is 19.1. The van der Waals surface area contributed by atoms with Crippen LogP contribution in [0.1, 0.15) is 49.8 Å². The van der Waals surface area contributed by atoms with Crippen molar-refractivity contribution in [2.45, 2.75) is 45.1 Å². The van der Waals surface area contributed by atoms with Crippen molar-refractivity contribution in [3.63, 3.8) is 0 Å². The van der Waals surface area contributed by atoms with Crippen LogP contribution in [0.2, 0.25) is 0 Å². The van der Waals surface area contributed by atoms with Gasteiger partial charge in [-0.2, -0.15) is 0 Å². The Balaban J connectivity index is 1.82. The first kappa shape index (κ1) is 27.2. The van der Waals surface area contributed by atoms with Crippen molar-refractivity contribution < 1.29 is 23.4 Å². The van der Waals surface area contributed by atoms with Gasteiger partial charge in [-0.3, -0.25) is 0 Å². The average molecular weight is 491 g/mol. The maximum Gasteiger partial charge on any atom is 0.131 e. The molecule has 5 heteroatoms. The number of hydrogen-bond acceptors (Lipinski definition) is 4. The lowest BCUT2D eigenvalue weighted by atomic mass is 9.81. The number of hydrogen-bond donors (Lipinski definition) is 0. The molecule has 0 aliphatic carbocycles. The summed E-state index contributed by atoms with van der Waals surface area (Å²) in [7, 11) is 3.21. The number of methoxy groups -OCH3 is 2. The third-order valence-electron chi connectivity index (χ3n) is 6.05. The van der Waals surface area contributed by atoms with Crippen molar-refractivity contribution in [2.24, 2.45) is 0 Å². The van der Waals surface area contributed by atoms with Crippen molar-refractivity contribution in [2.75, 3.05) is 20.8 Å². The van der Waals surface area contributed by atoms with Crippen LogP contribution in [0, 0.1) is 5.82 Å². The topological polar surface area (TPSA) is 44.8 Å². The van der Waals surface area contributed by atoms with Crippen LogP contribution in [0.25, 0.3) is 11.1 Å². The molecule has 4 nitrogen and oxygen atoms in total. The van der Waals surface area contributed by atoms with E-state index in [4.69, 9.17) is 14.2 Å². The van der Waals surface area contributed by atoms with Gasteiger partial charge >= 0.3 is 0 Å². The third kappa shape index (κ3) is 7.05. The predicted octanol–water partition coefficient (Wildman–Crippen LogP) is 7.25. The maximum atomic E-state index is 14.9. The van der Waals surface area contributed by atoms with E-state index < -0.39 is 0 Å². The van der Waals surface area contributed by atoms with E-state index in [9.17, 15) is 9.18 Å². The van der Waals surface area contributed by atoms with Crippen molar-refractivity contribution in [1.29, 1.82) is 0 Å². The van der Waals surface area contributed by atoms with Crippen LogP contribution in [-0.2, 0) is 21.6 Å². The maximum absolute atomic E-state index is 14.9. The van der Waals surface area contributed by atoms with Gasteiger partial charge in [0.25, 0.3) is 0 Å². The SMILES string of the molecule is COC/C=C/[C@H](CC=O)c1ccc(OCc2ccc(C(C)(C)C)c(-c3cc(OC)ccc3F)c2)cc1. The molecule has 3 aromatic carbocycles. The molecule has 0 heterocycles. The fourth-order valence-corrected chi connectivity index (χ4v) is 4.12. The molecule has 0 amide bonds. The molecular formula is C31H35FO4. The molecule has 0 aromatic heterocycles. The Kier molecular flexibility index (Phi) is 9.43. The molecule has 3 rings (SSSR count). The minimum atomic E-state index is -0.292. The normalized spacial score (nSPS) is 12.5. The fourth-order valence-electron chi connectivity index (χ4n) is 4.12. The van der Waals surface area contributed by atoms with Gasteiger partial charge in [0.05, 0.1) is 13.7 Å². The highest BCUT2D eigenvalue weighted by Gasteiger charge is 2.21. The van der Waals surface area contributed by atoms with Crippen LogP contribution >= 0.6 is 0 Å². The summed E-state index contributed by atoms with van der Waals surface area (Å²) >= 11 is 0. The first-order valence-electron chi connectivity index (χ1n) is 12.1. The van der Waals surface area contributed by atoms with E-state index >= 15 is 0 Å². The Bertz CT molecular complexity index is 1180. The Morgan fingerprint density at radius 2 is 1.64 bits per heavy atom. The largest absolute Gasteiger partial charge is 0.497 e. The smallest absolute Gasteiger partial charge is 0.131 e. The summed E-state index contributed by atoms with van der Waals surface area (Å²) < 4.78 is 31.3. The second-order valence-corrected chi connectivity index (χ2v) is 9.73. The Labute approximate surface area is 213 Å². The number of carbonyl (C=O) groups is 1. The van der Waals surface area contributed by atoms with Crippen LogP contribution in [0.3, 0.4) is 0 Å². The van der Waals surface area contributed by atoms with E-state index in [1.54, 1.807) is 26.4 Å². The lowest BCUT2D eigenvalue weighted by Crippen LogP contribution is -2.13. The summed E-state index contributed by atoms with van der Waals surface area (Å²) in [6.45, 7) is 7.19. The highest BCUT2D eigenvalue weighted by molar-refractivity contribution is 5.71. The summed E-state index contributed by atoms with van der Waals surface area (Å²) in [5.41, 5.74) is 4.18. The van der Waals surface area contributed by atoms with E-state index in [1.807, 2.05) is 54.6 Å². The number of benzene rings is 3. The number of ether oxygens (including phenoxy) is 3. The van der Waals surface area contributed by atoms with Gasteiger partial charge in [-0.25, -0.2) is 4.39 Å². The number of carbonyl (C=O) groups excluding carboxylic acids is 1. The van der Waals surface area contributed by atoms with Crippen molar-refractivity contribution in [3.8, 4) is 22.6 Å². The van der Waals surface area contributed by atoms with Crippen LogP contribution in [0.4, 0.5) is 4.39 Å². The van der Waals surface area contributed by atoms with Gasteiger partial charge in [-0.05, 0) is 64.1 Å². The summed E-state index contributed by atoms with van der Waals surface area (Å²) in [5, 5.41) is 0. The molecular weight excluding hydrogens is 455 g/mol. The molecule has 0 aliphatic rings. The van der Waals surface area contributed by atoms with Gasteiger partial charge < -0.3 is 19.0 Å². The standard InChI is InChI=1S/C31H35FO4/c1-31(2,3)29-14-8-22(19-27(29)28-20-26(35-5)13-15-30(28)32)21-36-25-11-9-24(10-12-25)23(16-17-33)7-6-18-34-4/h6-15,17,19-20,23H,16,18,21H2,1-5H3/b7-6+/t23-/m1/s1. The molecule has 0 spiro atoms. The van der Waals surface area contributed by atoms with Gasteiger partial charge in [-0.1, -0.05) is 57.2 Å². The second-order valence-electron chi connectivity index (χ2n) is 9.73. The van der Waals surface area contributed by atoms with Crippen molar-refractivity contribution >= 4 is 6.29 Å². The summed E-state index contributed by atoms with van der Waals surface area (Å²) in [4.78, 5) is 11.1. The molecule has 0 saturated heterocycles. The zero-order valence-electron chi connectivity index (χ0n) is 21.7. The molecule has 36 heavy (non-hydrogen) atoms. The summed E-state index contributed by atoms with van der Waals surface area (Å²) in [5.74, 6) is 1.03. The van der Waals surface area contributed by atoms with Crippen LogP contribution in [0.15, 0.2) is 72.8 Å². The quantitative estimate of drug-likeness (QED) is 0.210. The van der Waals surface area contributed by atoms with Crippen LogP contribution in [-0.4, -0.2) is 27.1 Å². The first-order chi connectivity index (χ1) is 17.3. The van der Waals surface area contributed by atoms with Gasteiger partial charge in [0, 0.05) is 25.0 Å². The molecule has 0 N–H and O–H groups in total.